The predicted molar refractivity (Wildman–Crippen MR) is 88.8 cm³/mol. The van der Waals surface area contributed by atoms with Gasteiger partial charge < -0.3 is 4.57 Å². The van der Waals surface area contributed by atoms with Crippen LogP contribution in [0.15, 0.2) is 36.9 Å². The standard InChI is InChI=1S/C15H18Cl2N2S/c1-2-3-8-20-15(19-7-6-18-11-19)9-12-4-5-13(16)10-14(12)17/h4-7,10-11,15H,2-3,8-9H2,1H3. The van der Waals surface area contributed by atoms with Crippen LogP contribution in [0.2, 0.25) is 10.0 Å². The van der Waals surface area contributed by atoms with E-state index in [0.29, 0.717) is 10.4 Å². The molecule has 0 aliphatic heterocycles. The molecular formula is C15H18Cl2N2S. The lowest BCUT2D eigenvalue weighted by Gasteiger charge is -2.19. The fourth-order valence-electron chi connectivity index (χ4n) is 1.93. The molecule has 0 saturated carbocycles. The van der Waals surface area contributed by atoms with Crippen molar-refractivity contribution in [3.05, 3.63) is 52.5 Å². The summed E-state index contributed by atoms with van der Waals surface area (Å²) in [6, 6.07) is 5.71. The van der Waals surface area contributed by atoms with E-state index >= 15 is 0 Å². The Bertz CT molecular complexity index is 529. The number of rotatable bonds is 7. The normalized spacial score (nSPS) is 12.6. The summed E-state index contributed by atoms with van der Waals surface area (Å²) in [7, 11) is 0. The molecule has 0 aliphatic rings. The van der Waals surface area contributed by atoms with Crippen LogP contribution in [-0.4, -0.2) is 15.3 Å². The number of unbranched alkanes of at least 4 members (excludes halogenated alkanes) is 1. The van der Waals surface area contributed by atoms with Gasteiger partial charge in [0.1, 0.15) is 0 Å². The van der Waals surface area contributed by atoms with E-state index < -0.39 is 0 Å². The lowest BCUT2D eigenvalue weighted by atomic mass is 10.1. The monoisotopic (exact) mass is 328 g/mol. The van der Waals surface area contributed by atoms with Gasteiger partial charge in [-0.3, -0.25) is 0 Å². The molecule has 0 saturated heterocycles. The number of imidazole rings is 1. The number of aromatic nitrogens is 2. The Labute approximate surface area is 134 Å². The highest BCUT2D eigenvalue weighted by molar-refractivity contribution is 7.99. The minimum atomic E-state index is 0.322. The van der Waals surface area contributed by atoms with Gasteiger partial charge in [0.15, 0.2) is 0 Å². The van der Waals surface area contributed by atoms with Crippen molar-refractivity contribution >= 4 is 35.0 Å². The van der Waals surface area contributed by atoms with Crippen molar-refractivity contribution in [1.29, 1.82) is 0 Å². The second-order valence-electron chi connectivity index (χ2n) is 4.63. The summed E-state index contributed by atoms with van der Waals surface area (Å²) in [5, 5.41) is 1.73. The average molecular weight is 329 g/mol. The van der Waals surface area contributed by atoms with Crippen molar-refractivity contribution in [1.82, 2.24) is 9.55 Å². The zero-order valence-corrected chi connectivity index (χ0v) is 13.8. The molecule has 0 spiro atoms. The van der Waals surface area contributed by atoms with E-state index in [-0.39, 0.29) is 0 Å². The van der Waals surface area contributed by atoms with Gasteiger partial charge in [-0.15, -0.1) is 11.8 Å². The Morgan fingerprint density at radius 1 is 1.35 bits per heavy atom. The van der Waals surface area contributed by atoms with Gasteiger partial charge in [-0.2, -0.15) is 0 Å². The lowest BCUT2D eigenvalue weighted by Crippen LogP contribution is -2.08. The zero-order chi connectivity index (χ0) is 14.4. The van der Waals surface area contributed by atoms with E-state index in [9.17, 15) is 0 Å². The number of hydrogen-bond donors (Lipinski definition) is 0. The molecule has 5 heteroatoms. The van der Waals surface area contributed by atoms with Crippen LogP contribution in [0.25, 0.3) is 0 Å². The third kappa shape index (κ3) is 4.44. The Morgan fingerprint density at radius 3 is 2.85 bits per heavy atom. The van der Waals surface area contributed by atoms with E-state index in [1.54, 1.807) is 6.07 Å². The van der Waals surface area contributed by atoms with Crippen LogP contribution >= 0.6 is 35.0 Å². The van der Waals surface area contributed by atoms with Gasteiger partial charge in [0.05, 0.1) is 11.7 Å². The topological polar surface area (TPSA) is 17.8 Å². The van der Waals surface area contributed by atoms with Gasteiger partial charge in [-0.05, 0) is 29.9 Å². The molecule has 1 aromatic carbocycles. The number of benzene rings is 1. The van der Waals surface area contributed by atoms with Gasteiger partial charge in [-0.25, -0.2) is 4.98 Å². The molecule has 0 fully saturated rings. The van der Waals surface area contributed by atoms with Crippen LogP contribution < -0.4 is 0 Å². The first-order chi connectivity index (χ1) is 9.70. The van der Waals surface area contributed by atoms with Crippen LogP contribution in [0.5, 0.6) is 0 Å². The van der Waals surface area contributed by atoms with Crippen LogP contribution in [0.1, 0.15) is 30.7 Å². The molecule has 0 radical (unpaired) electrons. The fraction of sp³-hybridized carbons (Fsp3) is 0.400. The van der Waals surface area contributed by atoms with E-state index in [1.165, 1.54) is 12.8 Å². The van der Waals surface area contributed by atoms with Crippen LogP contribution in [0.4, 0.5) is 0 Å². The maximum Gasteiger partial charge on any atom is 0.0955 e. The van der Waals surface area contributed by atoms with Crippen LogP contribution in [0.3, 0.4) is 0 Å². The molecule has 2 aromatic rings. The molecule has 1 unspecified atom stereocenters. The molecule has 20 heavy (non-hydrogen) atoms. The minimum absolute atomic E-state index is 0.322. The highest BCUT2D eigenvalue weighted by Crippen LogP contribution is 2.31. The summed E-state index contributed by atoms with van der Waals surface area (Å²) in [4.78, 5) is 4.15. The second-order valence-corrected chi connectivity index (χ2v) is 6.76. The Hall–Kier alpha value is -0.640. The molecule has 0 bridgehead atoms. The zero-order valence-electron chi connectivity index (χ0n) is 11.4. The van der Waals surface area contributed by atoms with Crippen LogP contribution in [0, 0.1) is 0 Å². The van der Waals surface area contributed by atoms with Crippen molar-refractivity contribution in [3.63, 3.8) is 0 Å². The molecule has 2 nitrogen and oxygen atoms in total. The maximum atomic E-state index is 6.28. The first-order valence-corrected chi connectivity index (χ1v) is 8.54. The first kappa shape index (κ1) is 15.7. The van der Waals surface area contributed by atoms with Crippen molar-refractivity contribution in [2.24, 2.45) is 0 Å². The van der Waals surface area contributed by atoms with Gasteiger partial charge >= 0.3 is 0 Å². The van der Waals surface area contributed by atoms with E-state index in [2.05, 4.69) is 16.5 Å². The van der Waals surface area contributed by atoms with Crippen molar-refractivity contribution in [3.8, 4) is 0 Å². The Morgan fingerprint density at radius 2 is 2.20 bits per heavy atom. The van der Waals surface area contributed by atoms with Crippen molar-refractivity contribution < 1.29 is 0 Å². The third-order valence-electron chi connectivity index (χ3n) is 3.08. The molecular weight excluding hydrogens is 311 g/mol. The van der Waals surface area contributed by atoms with E-state index in [4.69, 9.17) is 23.2 Å². The number of hydrogen-bond acceptors (Lipinski definition) is 2. The Balaban J connectivity index is 2.10. The third-order valence-corrected chi connectivity index (χ3v) is 4.98. The summed E-state index contributed by atoms with van der Waals surface area (Å²) in [5.41, 5.74) is 1.12. The highest BCUT2D eigenvalue weighted by Gasteiger charge is 2.14. The molecule has 0 aliphatic carbocycles. The highest BCUT2D eigenvalue weighted by atomic mass is 35.5. The van der Waals surface area contributed by atoms with Gasteiger partial charge in [0.25, 0.3) is 0 Å². The lowest BCUT2D eigenvalue weighted by molar-refractivity contribution is 0.672. The molecule has 0 N–H and O–H groups in total. The van der Waals surface area contributed by atoms with Crippen LogP contribution in [-0.2, 0) is 6.42 Å². The summed E-state index contributed by atoms with van der Waals surface area (Å²) >= 11 is 14.2. The minimum Gasteiger partial charge on any atom is -0.325 e. The molecule has 2 rings (SSSR count). The Kier molecular flexibility index (Phi) is 6.27. The molecule has 1 atom stereocenters. The molecule has 1 heterocycles. The smallest absolute Gasteiger partial charge is 0.0955 e. The summed E-state index contributed by atoms with van der Waals surface area (Å²) in [6.45, 7) is 2.21. The summed E-state index contributed by atoms with van der Waals surface area (Å²) < 4.78 is 2.14. The fourth-order valence-corrected chi connectivity index (χ4v) is 3.74. The number of halogens is 2. The second kappa shape index (κ2) is 7.96. The number of thioether (sulfide) groups is 1. The summed E-state index contributed by atoms with van der Waals surface area (Å²) in [5.74, 6) is 1.14. The largest absolute Gasteiger partial charge is 0.325 e. The summed E-state index contributed by atoms with van der Waals surface area (Å²) in [6.07, 6.45) is 9.01. The van der Waals surface area contributed by atoms with Gasteiger partial charge in [0.2, 0.25) is 0 Å². The SMILES string of the molecule is CCCCSC(Cc1ccc(Cl)cc1Cl)n1ccnc1. The molecule has 108 valence electrons. The first-order valence-electron chi connectivity index (χ1n) is 6.73. The molecule has 1 aromatic heterocycles. The van der Waals surface area contributed by atoms with Crippen molar-refractivity contribution in [2.45, 2.75) is 31.6 Å². The maximum absolute atomic E-state index is 6.28. The van der Waals surface area contributed by atoms with Gasteiger partial charge in [0, 0.05) is 28.9 Å². The predicted octanol–water partition coefficient (Wildman–Crippen LogP) is 5.46. The van der Waals surface area contributed by atoms with E-state index in [1.807, 2.05) is 42.6 Å². The van der Waals surface area contributed by atoms with E-state index in [0.717, 1.165) is 22.8 Å². The molecule has 0 amide bonds. The van der Waals surface area contributed by atoms with Gasteiger partial charge in [-0.1, -0.05) is 42.6 Å². The quantitative estimate of drug-likeness (QED) is 0.627. The number of nitrogens with zero attached hydrogens (tertiary/aromatic N) is 2. The average Bonchev–Trinajstić information content (AvgIpc) is 2.94. The van der Waals surface area contributed by atoms with Crippen molar-refractivity contribution in [2.75, 3.05) is 5.75 Å².